The molecular formula is C15H28ClN3O. The third-order valence-electron chi connectivity index (χ3n) is 5.36. The van der Waals surface area contributed by atoms with Crippen LogP contribution in [0.25, 0.3) is 0 Å². The summed E-state index contributed by atoms with van der Waals surface area (Å²) in [7, 11) is 0. The third kappa shape index (κ3) is 3.46. The Labute approximate surface area is 128 Å². The van der Waals surface area contributed by atoms with Crippen molar-refractivity contribution in [1.29, 1.82) is 0 Å². The molecule has 3 fully saturated rings. The Morgan fingerprint density at radius 3 is 2.65 bits per heavy atom. The molecular weight excluding hydrogens is 274 g/mol. The van der Waals surface area contributed by atoms with Gasteiger partial charge in [-0.3, -0.25) is 9.69 Å². The number of nitrogens with zero attached hydrogens (tertiary/aromatic N) is 1. The van der Waals surface area contributed by atoms with Gasteiger partial charge >= 0.3 is 0 Å². The maximum absolute atomic E-state index is 12.3. The molecule has 20 heavy (non-hydrogen) atoms. The van der Waals surface area contributed by atoms with E-state index in [1.54, 1.807) is 0 Å². The minimum absolute atomic E-state index is 0. The largest absolute Gasteiger partial charge is 0.352 e. The van der Waals surface area contributed by atoms with Crippen LogP contribution in [0, 0.1) is 11.8 Å². The number of carbonyl (C=O) groups is 1. The lowest BCUT2D eigenvalue weighted by molar-refractivity contribution is -0.127. The molecule has 2 heterocycles. The lowest BCUT2D eigenvalue weighted by atomic mass is 9.88. The number of fused-ring (bicyclic) bond motifs is 1. The van der Waals surface area contributed by atoms with Crippen molar-refractivity contribution in [2.75, 3.05) is 26.2 Å². The fraction of sp³-hybridized carbons (Fsp3) is 0.933. The summed E-state index contributed by atoms with van der Waals surface area (Å²) in [6.45, 7) is 6.57. The topological polar surface area (TPSA) is 44.4 Å². The second kappa shape index (κ2) is 7.10. The summed E-state index contributed by atoms with van der Waals surface area (Å²) in [6, 6.07) is 0.489. The standard InChI is InChI=1S/C15H27N3O.ClH/c1-11(15(19)17-14-4-2-3-5-14)18-7-6-12-8-16-9-13(12)10-18;/h11-14,16H,2-10H2,1H3,(H,17,19);1H. The van der Waals surface area contributed by atoms with E-state index in [0.29, 0.717) is 6.04 Å². The van der Waals surface area contributed by atoms with Gasteiger partial charge in [0.1, 0.15) is 0 Å². The Morgan fingerprint density at radius 1 is 1.20 bits per heavy atom. The fourth-order valence-electron chi connectivity index (χ4n) is 3.97. The molecule has 116 valence electrons. The van der Waals surface area contributed by atoms with Crippen LogP contribution < -0.4 is 10.6 Å². The van der Waals surface area contributed by atoms with E-state index in [-0.39, 0.29) is 24.4 Å². The highest BCUT2D eigenvalue weighted by Crippen LogP contribution is 2.27. The smallest absolute Gasteiger partial charge is 0.237 e. The molecule has 3 aliphatic rings. The summed E-state index contributed by atoms with van der Waals surface area (Å²) < 4.78 is 0. The minimum atomic E-state index is 0. The average Bonchev–Trinajstić information content (AvgIpc) is 3.07. The van der Waals surface area contributed by atoms with Crippen LogP contribution in [0.15, 0.2) is 0 Å². The lowest BCUT2D eigenvalue weighted by Crippen LogP contribution is -2.52. The highest BCUT2D eigenvalue weighted by atomic mass is 35.5. The Morgan fingerprint density at radius 2 is 1.90 bits per heavy atom. The molecule has 3 unspecified atom stereocenters. The van der Waals surface area contributed by atoms with Crippen LogP contribution in [0.5, 0.6) is 0 Å². The first-order valence-electron chi connectivity index (χ1n) is 7.99. The predicted molar refractivity (Wildman–Crippen MR) is 83.1 cm³/mol. The van der Waals surface area contributed by atoms with Crippen molar-refractivity contribution < 1.29 is 4.79 Å². The molecule has 3 rings (SSSR count). The molecule has 1 aliphatic carbocycles. The van der Waals surface area contributed by atoms with Crippen molar-refractivity contribution >= 4 is 18.3 Å². The van der Waals surface area contributed by atoms with Crippen LogP contribution in [0.4, 0.5) is 0 Å². The molecule has 2 saturated heterocycles. The van der Waals surface area contributed by atoms with Crippen molar-refractivity contribution in [3.8, 4) is 0 Å². The molecule has 5 heteroatoms. The second-order valence-corrected chi connectivity index (χ2v) is 6.63. The summed E-state index contributed by atoms with van der Waals surface area (Å²) in [5.74, 6) is 1.85. The van der Waals surface area contributed by atoms with Gasteiger partial charge in [0.15, 0.2) is 0 Å². The molecule has 0 radical (unpaired) electrons. The Hall–Kier alpha value is -0.320. The van der Waals surface area contributed by atoms with Gasteiger partial charge in [0.05, 0.1) is 6.04 Å². The summed E-state index contributed by atoms with van der Waals surface area (Å²) in [5.41, 5.74) is 0. The van der Waals surface area contributed by atoms with Crippen LogP contribution in [0.3, 0.4) is 0 Å². The second-order valence-electron chi connectivity index (χ2n) is 6.63. The minimum Gasteiger partial charge on any atom is -0.352 e. The molecule has 0 aromatic heterocycles. The number of halogens is 1. The number of hydrogen-bond acceptors (Lipinski definition) is 3. The quantitative estimate of drug-likeness (QED) is 0.828. The Kier molecular flexibility index (Phi) is 5.70. The van der Waals surface area contributed by atoms with Gasteiger partial charge in [0.2, 0.25) is 5.91 Å². The van der Waals surface area contributed by atoms with Crippen molar-refractivity contribution in [2.45, 2.75) is 51.1 Å². The van der Waals surface area contributed by atoms with Gasteiger partial charge in [-0.1, -0.05) is 12.8 Å². The highest BCUT2D eigenvalue weighted by molar-refractivity contribution is 5.85. The number of piperidine rings is 1. The van der Waals surface area contributed by atoms with E-state index >= 15 is 0 Å². The van der Waals surface area contributed by atoms with E-state index in [0.717, 1.165) is 31.5 Å². The van der Waals surface area contributed by atoms with E-state index in [9.17, 15) is 4.79 Å². The van der Waals surface area contributed by atoms with Gasteiger partial charge in [-0.05, 0) is 57.7 Å². The number of hydrogen-bond donors (Lipinski definition) is 2. The molecule has 4 nitrogen and oxygen atoms in total. The number of rotatable bonds is 3. The van der Waals surface area contributed by atoms with Gasteiger partial charge in [-0.15, -0.1) is 12.4 Å². The molecule has 0 aromatic carbocycles. The SMILES string of the molecule is CC(C(=O)NC1CCCC1)N1CCC2CNCC2C1.Cl. The first kappa shape index (κ1) is 16.1. The summed E-state index contributed by atoms with van der Waals surface area (Å²) in [5, 5.41) is 6.72. The average molecular weight is 302 g/mol. The van der Waals surface area contributed by atoms with Gasteiger partial charge < -0.3 is 10.6 Å². The van der Waals surface area contributed by atoms with Gasteiger partial charge in [0, 0.05) is 12.6 Å². The summed E-state index contributed by atoms with van der Waals surface area (Å²) >= 11 is 0. The molecule has 0 spiro atoms. The normalized spacial score (nSPS) is 32.5. The van der Waals surface area contributed by atoms with E-state index in [1.165, 1.54) is 38.6 Å². The molecule has 0 bridgehead atoms. The van der Waals surface area contributed by atoms with E-state index in [2.05, 4.69) is 22.5 Å². The third-order valence-corrected chi connectivity index (χ3v) is 5.36. The van der Waals surface area contributed by atoms with Crippen molar-refractivity contribution in [1.82, 2.24) is 15.5 Å². The molecule has 3 atom stereocenters. The molecule has 2 N–H and O–H groups in total. The maximum Gasteiger partial charge on any atom is 0.237 e. The summed E-state index contributed by atoms with van der Waals surface area (Å²) in [4.78, 5) is 14.7. The van der Waals surface area contributed by atoms with Crippen LogP contribution in [-0.2, 0) is 4.79 Å². The van der Waals surface area contributed by atoms with Crippen molar-refractivity contribution in [3.05, 3.63) is 0 Å². The maximum atomic E-state index is 12.3. The zero-order chi connectivity index (χ0) is 13.2. The Bertz CT molecular complexity index is 333. The van der Waals surface area contributed by atoms with Crippen LogP contribution >= 0.6 is 12.4 Å². The monoisotopic (exact) mass is 301 g/mol. The van der Waals surface area contributed by atoms with Gasteiger partial charge in [-0.25, -0.2) is 0 Å². The number of carbonyl (C=O) groups excluding carboxylic acids is 1. The first-order valence-corrected chi connectivity index (χ1v) is 7.99. The number of nitrogens with one attached hydrogen (secondary N) is 2. The van der Waals surface area contributed by atoms with Crippen LogP contribution in [0.1, 0.15) is 39.0 Å². The summed E-state index contributed by atoms with van der Waals surface area (Å²) in [6.07, 6.45) is 6.15. The van der Waals surface area contributed by atoms with Crippen LogP contribution in [0.2, 0.25) is 0 Å². The predicted octanol–water partition coefficient (Wildman–Crippen LogP) is 1.40. The van der Waals surface area contributed by atoms with Crippen molar-refractivity contribution in [3.63, 3.8) is 0 Å². The molecule has 2 aliphatic heterocycles. The Balaban J connectivity index is 0.00000147. The lowest BCUT2D eigenvalue weighted by Gasteiger charge is -2.37. The van der Waals surface area contributed by atoms with Gasteiger partial charge in [-0.2, -0.15) is 0 Å². The van der Waals surface area contributed by atoms with E-state index in [4.69, 9.17) is 0 Å². The molecule has 1 amide bonds. The highest BCUT2D eigenvalue weighted by Gasteiger charge is 2.36. The van der Waals surface area contributed by atoms with Gasteiger partial charge in [0.25, 0.3) is 0 Å². The van der Waals surface area contributed by atoms with Crippen molar-refractivity contribution in [2.24, 2.45) is 11.8 Å². The first-order chi connectivity index (χ1) is 9.24. The number of amides is 1. The number of likely N-dealkylation sites (tertiary alicyclic amines) is 1. The van der Waals surface area contributed by atoms with E-state index < -0.39 is 0 Å². The zero-order valence-electron chi connectivity index (χ0n) is 12.4. The molecule has 0 aromatic rings. The van der Waals surface area contributed by atoms with E-state index in [1.807, 2.05) is 0 Å². The molecule has 1 saturated carbocycles. The zero-order valence-corrected chi connectivity index (χ0v) is 13.3. The fourth-order valence-corrected chi connectivity index (χ4v) is 3.97. The van der Waals surface area contributed by atoms with Crippen LogP contribution in [-0.4, -0.2) is 49.1 Å².